The number of fused-ring (bicyclic) bond motifs is 1. The number of allylic oxidation sites excluding steroid dienone is 1. The number of carbonyl (C=O) groups is 1. The molecule has 2 aromatic heterocycles. The van der Waals surface area contributed by atoms with Gasteiger partial charge in [0, 0.05) is 21.9 Å². The van der Waals surface area contributed by atoms with Crippen LogP contribution in [0.3, 0.4) is 0 Å². The summed E-state index contributed by atoms with van der Waals surface area (Å²) in [4.78, 5) is 22.3. The first-order valence-electron chi connectivity index (χ1n) is 11.2. The Hall–Kier alpha value is -3.98. The van der Waals surface area contributed by atoms with E-state index in [9.17, 15) is 4.79 Å². The molecule has 1 aliphatic heterocycles. The molecule has 9 heteroatoms. The fraction of sp³-hybridized carbons (Fsp3) is 0.154. The van der Waals surface area contributed by atoms with Crippen LogP contribution in [-0.4, -0.2) is 32.3 Å². The molecule has 0 spiro atoms. The second kappa shape index (κ2) is 9.71. The lowest BCUT2D eigenvalue weighted by atomic mass is 9.95. The predicted octanol–water partition coefficient (Wildman–Crippen LogP) is 5.43. The standard InChI is InChI=1S/C26H23BrN6O2/c1-3-35-21-11-9-17(10-12-21)24-31-26-29-16(2)22(25(34)30-20-8-5-13-28-15-20)23(33(26)32-24)18-6-4-7-19(27)14-18/h4-15,23H,3H2,1-2H3,(H,30,34)(H,29,31,32). The van der Waals surface area contributed by atoms with E-state index in [1.807, 2.05) is 62.4 Å². The first-order chi connectivity index (χ1) is 17.0. The summed E-state index contributed by atoms with van der Waals surface area (Å²) in [6, 6.07) is 18.6. The highest BCUT2D eigenvalue weighted by Gasteiger charge is 2.34. The Morgan fingerprint density at radius 3 is 2.71 bits per heavy atom. The van der Waals surface area contributed by atoms with Crippen LogP contribution in [0, 0.1) is 0 Å². The lowest BCUT2D eigenvalue weighted by molar-refractivity contribution is -0.113. The molecule has 8 nitrogen and oxygen atoms in total. The Bertz CT molecular complexity index is 1400. The molecule has 0 aliphatic carbocycles. The summed E-state index contributed by atoms with van der Waals surface area (Å²) in [5.74, 6) is 1.67. The molecule has 2 N–H and O–H groups in total. The Balaban J connectivity index is 1.57. The van der Waals surface area contributed by atoms with Gasteiger partial charge in [0.25, 0.3) is 5.91 Å². The maximum Gasteiger partial charge on any atom is 0.255 e. The van der Waals surface area contributed by atoms with Gasteiger partial charge in [-0.05, 0) is 67.9 Å². The zero-order chi connectivity index (χ0) is 24.4. The van der Waals surface area contributed by atoms with Gasteiger partial charge in [0.15, 0.2) is 5.82 Å². The number of rotatable bonds is 6. The third kappa shape index (κ3) is 4.67. The molecule has 1 aliphatic rings. The largest absolute Gasteiger partial charge is 0.494 e. The number of hydrogen-bond acceptors (Lipinski definition) is 6. The molecule has 3 heterocycles. The Morgan fingerprint density at radius 2 is 2.00 bits per heavy atom. The van der Waals surface area contributed by atoms with Gasteiger partial charge in [-0.2, -0.15) is 4.98 Å². The van der Waals surface area contributed by atoms with Gasteiger partial charge in [0.05, 0.1) is 24.1 Å². The van der Waals surface area contributed by atoms with Crippen LogP contribution in [0.25, 0.3) is 11.4 Å². The number of pyridine rings is 1. The molecule has 1 amide bonds. The number of ether oxygens (including phenoxy) is 1. The average molecular weight is 531 g/mol. The van der Waals surface area contributed by atoms with Gasteiger partial charge in [0.2, 0.25) is 5.95 Å². The third-order valence-corrected chi connectivity index (χ3v) is 6.10. The predicted molar refractivity (Wildman–Crippen MR) is 138 cm³/mol. The van der Waals surface area contributed by atoms with Crippen LogP contribution >= 0.6 is 15.9 Å². The fourth-order valence-electron chi connectivity index (χ4n) is 4.05. The number of aromatic nitrogens is 4. The molecule has 2 aromatic carbocycles. The Labute approximate surface area is 211 Å². The molecule has 0 saturated carbocycles. The van der Waals surface area contributed by atoms with Gasteiger partial charge in [-0.15, -0.1) is 5.10 Å². The lowest BCUT2D eigenvalue weighted by Gasteiger charge is -2.28. The van der Waals surface area contributed by atoms with Crippen molar-refractivity contribution in [3.8, 4) is 17.1 Å². The van der Waals surface area contributed by atoms with Crippen molar-refractivity contribution in [2.45, 2.75) is 19.9 Å². The second-order valence-electron chi connectivity index (χ2n) is 7.98. The van der Waals surface area contributed by atoms with Gasteiger partial charge in [-0.25, -0.2) is 4.68 Å². The van der Waals surface area contributed by atoms with E-state index < -0.39 is 6.04 Å². The first kappa shape index (κ1) is 22.8. The summed E-state index contributed by atoms with van der Waals surface area (Å²) in [7, 11) is 0. The average Bonchev–Trinajstić information content (AvgIpc) is 3.28. The maximum absolute atomic E-state index is 13.5. The zero-order valence-electron chi connectivity index (χ0n) is 19.2. The van der Waals surface area contributed by atoms with Crippen molar-refractivity contribution in [2.24, 2.45) is 0 Å². The van der Waals surface area contributed by atoms with Crippen LogP contribution in [0.2, 0.25) is 0 Å². The van der Waals surface area contributed by atoms with E-state index in [-0.39, 0.29) is 5.91 Å². The van der Waals surface area contributed by atoms with E-state index in [4.69, 9.17) is 14.8 Å². The molecule has 1 unspecified atom stereocenters. The van der Waals surface area contributed by atoms with Crippen molar-refractivity contribution in [3.05, 3.63) is 94.4 Å². The first-order valence-corrected chi connectivity index (χ1v) is 12.0. The summed E-state index contributed by atoms with van der Waals surface area (Å²) in [6.07, 6.45) is 3.28. The minimum Gasteiger partial charge on any atom is -0.494 e. The van der Waals surface area contributed by atoms with E-state index in [2.05, 4.69) is 31.5 Å². The smallest absolute Gasteiger partial charge is 0.255 e. The number of halogens is 1. The number of amides is 1. The van der Waals surface area contributed by atoms with Gasteiger partial charge < -0.3 is 15.4 Å². The maximum atomic E-state index is 13.5. The monoisotopic (exact) mass is 530 g/mol. The molecule has 176 valence electrons. The molecule has 0 radical (unpaired) electrons. The van der Waals surface area contributed by atoms with Crippen LogP contribution in [0.5, 0.6) is 5.75 Å². The normalized spacial score (nSPS) is 14.8. The minimum atomic E-state index is -0.482. The van der Waals surface area contributed by atoms with Crippen molar-refractivity contribution in [3.63, 3.8) is 0 Å². The van der Waals surface area contributed by atoms with E-state index in [1.54, 1.807) is 29.2 Å². The highest BCUT2D eigenvalue weighted by Crippen LogP contribution is 2.37. The number of anilines is 2. The molecule has 1 atom stereocenters. The van der Waals surface area contributed by atoms with Gasteiger partial charge in [-0.3, -0.25) is 9.78 Å². The number of benzene rings is 2. The summed E-state index contributed by atoms with van der Waals surface area (Å²) in [5.41, 5.74) is 3.62. The van der Waals surface area contributed by atoms with E-state index >= 15 is 0 Å². The minimum absolute atomic E-state index is 0.239. The van der Waals surface area contributed by atoms with Gasteiger partial charge in [0.1, 0.15) is 11.8 Å². The summed E-state index contributed by atoms with van der Waals surface area (Å²) < 4.78 is 8.22. The number of carbonyl (C=O) groups excluding carboxylic acids is 1. The quantitative estimate of drug-likeness (QED) is 0.345. The fourth-order valence-corrected chi connectivity index (χ4v) is 4.47. The summed E-state index contributed by atoms with van der Waals surface area (Å²) in [5, 5.41) is 11.0. The van der Waals surface area contributed by atoms with Crippen molar-refractivity contribution >= 4 is 33.5 Å². The number of nitrogens with one attached hydrogen (secondary N) is 2. The van der Waals surface area contributed by atoms with E-state index in [0.717, 1.165) is 21.3 Å². The molecular weight excluding hydrogens is 508 g/mol. The van der Waals surface area contributed by atoms with E-state index in [0.29, 0.717) is 35.3 Å². The number of nitrogens with zero attached hydrogens (tertiary/aromatic N) is 4. The van der Waals surface area contributed by atoms with E-state index in [1.165, 1.54) is 0 Å². The van der Waals surface area contributed by atoms with Crippen molar-refractivity contribution in [1.82, 2.24) is 19.7 Å². The van der Waals surface area contributed by atoms with Crippen LogP contribution < -0.4 is 15.4 Å². The molecular formula is C26H23BrN6O2. The summed E-state index contributed by atoms with van der Waals surface area (Å²) in [6.45, 7) is 4.42. The molecule has 0 fully saturated rings. The molecule has 0 saturated heterocycles. The van der Waals surface area contributed by atoms with Crippen molar-refractivity contribution < 1.29 is 9.53 Å². The molecule has 5 rings (SSSR count). The highest BCUT2D eigenvalue weighted by atomic mass is 79.9. The Morgan fingerprint density at radius 1 is 1.17 bits per heavy atom. The van der Waals surface area contributed by atoms with Crippen molar-refractivity contribution in [2.75, 3.05) is 17.2 Å². The van der Waals surface area contributed by atoms with Gasteiger partial charge >= 0.3 is 0 Å². The SMILES string of the molecule is CCOc1ccc(-c2nc3n(n2)C(c2cccc(Br)c2)C(C(=O)Nc2cccnc2)=C(C)N3)cc1. The lowest BCUT2D eigenvalue weighted by Crippen LogP contribution is -2.31. The summed E-state index contributed by atoms with van der Waals surface area (Å²) >= 11 is 3.56. The number of hydrogen-bond donors (Lipinski definition) is 2. The molecule has 0 bridgehead atoms. The van der Waals surface area contributed by atoms with Crippen LogP contribution in [-0.2, 0) is 4.79 Å². The van der Waals surface area contributed by atoms with Crippen LogP contribution in [0.4, 0.5) is 11.6 Å². The van der Waals surface area contributed by atoms with Crippen LogP contribution in [0.1, 0.15) is 25.5 Å². The molecule has 4 aromatic rings. The Kier molecular flexibility index (Phi) is 6.33. The van der Waals surface area contributed by atoms with Crippen LogP contribution in [0.15, 0.2) is 88.8 Å². The third-order valence-electron chi connectivity index (χ3n) is 5.60. The molecule has 35 heavy (non-hydrogen) atoms. The zero-order valence-corrected chi connectivity index (χ0v) is 20.8. The van der Waals surface area contributed by atoms with Gasteiger partial charge in [-0.1, -0.05) is 28.1 Å². The second-order valence-corrected chi connectivity index (χ2v) is 8.89. The highest BCUT2D eigenvalue weighted by molar-refractivity contribution is 9.10. The topological polar surface area (TPSA) is 94.0 Å². The van der Waals surface area contributed by atoms with Crippen molar-refractivity contribution in [1.29, 1.82) is 0 Å².